The Kier molecular flexibility index (Phi) is 5.66. The number of carbonyl (C=O) groups is 1. The van der Waals surface area contributed by atoms with Crippen LogP contribution in [0.4, 0.5) is 15.9 Å². The summed E-state index contributed by atoms with van der Waals surface area (Å²) in [6, 6.07) is 8.53. The van der Waals surface area contributed by atoms with Gasteiger partial charge in [-0.25, -0.2) is 14.4 Å². The van der Waals surface area contributed by atoms with Gasteiger partial charge in [-0.05, 0) is 25.0 Å². The average molecular weight is 385 g/mol. The summed E-state index contributed by atoms with van der Waals surface area (Å²) in [5.41, 5.74) is 0.971. The molecule has 28 heavy (non-hydrogen) atoms. The number of piperazine rings is 1. The van der Waals surface area contributed by atoms with E-state index in [2.05, 4.69) is 20.2 Å². The Morgan fingerprint density at radius 3 is 2.71 bits per heavy atom. The van der Waals surface area contributed by atoms with Gasteiger partial charge in [-0.15, -0.1) is 0 Å². The third-order valence-electron chi connectivity index (χ3n) is 5.20. The number of anilines is 2. The van der Waals surface area contributed by atoms with Crippen LogP contribution in [0.2, 0.25) is 0 Å². The number of rotatable bonds is 5. The minimum Gasteiger partial charge on any atom is -0.376 e. The van der Waals surface area contributed by atoms with Crippen molar-refractivity contribution in [2.45, 2.75) is 18.9 Å². The zero-order valence-electron chi connectivity index (χ0n) is 15.7. The van der Waals surface area contributed by atoms with Crippen molar-refractivity contribution >= 4 is 17.4 Å². The number of carbonyl (C=O) groups excluding carboxylic acids is 1. The van der Waals surface area contributed by atoms with Gasteiger partial charge in [0.1, 0.15) is 23.7 Å². The first-order valence-corrected chi connectivity index (χ1v) is 9.67. The normalized spacial score (nSPS) is 19.7. The predicted octanol–water partition coefficient (Wildman–Crippen LogP) is 1.85. The zero-order chi connectivity index (χ0) is 19.3. The summed E-state index contributed by atoms with van der Waals surface area (Å²) in [5, 5.41) is 2.88. The summed E-state index contributed by atoms with van der Waals surface area (Å²) < 4.78 is 19.5. The number of amides is 1. The lowest BCUT2D eigenvalue weighted by molar-refractivity contribution is 0.0853. The second-order valence-electron chi connectivity index (χ2n) is 7.03. The molecule has 0 saturated carbocycles. The lowest BCUT2D eigenvalue weighted by Gasteiger charge is -2.36. The lowest BCUT2D eigenvalue weighted by atomic mass is 10.2. The highest BCUT2D eigenvalue weighted by atomic mass is 19.1. The summed E-state index contributed by atoms with van der Waals surface area (Å²) in [7, 11) is 0. The molecule has 1 unspecified atom stereocenters. The molecule has 1 atom stereocenters. The van der Waals surface area contributed by atoms with Gasteiger partial charge in [0, 0.05) is 45.4 Å². The Hall–Kier alpha value is -2.74. The number of para-hydroxylation sites is 1. The maximum atomic E-state index is 14.0. The van der Waals surface area contributed by atoms with Gasteiger partial charge in [0.05, 0.1) is 11.8 Å². The van der Waals surface area contributed by atoms with Crippen LogP contribution in [-0.4, -0.2) is 61.3 Å². The number of halogens is 1. The summed E-state index contributed by atoms with van der Waals surface area (Å²) in [4.78, 5) is 24.9. The number of nitrogens with zero attached hydrogens (tertiary/aromatic N) is 4. The number of benzene rings is 1. The first-order chi connectivity index (χ1) is 13.7. The van der Waals surface area contributed by atoms with E-state index in [9.17, 15) is 9.18 Å². The van der Waals surface area contributed by atoms with Crippen LogP contribution >= 0.6 is 0 Å². The van der Waals surface area contributed by atoms with E-state index < -0.39 is 0 Å². The van der Waals surface area contributed by atoms with E-state index in [1.54, 1.807) is 18.2 Å². The fraction of sp³-hybridized carbons (Fsp3) is 0.450. The maximum Gasteiger partial charge on any atom is 0.270 e. The number of nitrogens with one attached hydrogen (secondary N) is 1. The van der Waals surface area contributed by atoms with Crippen molar-refractivity contribution in [1.82, 2.24) is 15.3 Å². The Labute approximate surface area is 163 Å². The molecular weight excluding hydrogens is 361 g/mol. The molecule has 2 aliphatic rings. The molecule has 4 rings (SSSR count). The molecule has 1 N–H and O–H groups in total. The van der Waals surface area contributed by atoms with Crippen molar-refractivity contribution in [3.63, 3.8) is 0 Å². The van der Waals surface area contributed by atoms with Crippen LogP contribution in [0.1, 0.15) is 23.3 Å². The molecule has 1 aromatic heterocycles. The van der Waals surface area contributed by atoms with E-state index in [-0.39, 0.29) is 17.8 Å². The van der Waals surface area contributed by atoms with E-state index in [0.717, 1.165) is 19.4 Å². The number of aromatic nitrogens is 2. The molecule has 0 spiro atoms. The van der Waals surface area contributed by atoms with E-state index in [4.69, 9.17) is 4.74 Å². The van der Waals surface area contributed by atoms with Gasteiger partial charge in [0.2, 0.25) is 0 Å². The van der Waals surface area contributed by atoms with Gasteiger partial charge in [-0.1, -0.05) is 12.1 Å². The van der Waals surface area contributed by atoms with Crippen LogP contribution in [0.5, 0.6) is 0 Å². The smallest absolute Gasteiger partial charge is 0.270 e. The van der Waals surface area contributed by atoms with E-state index in [1.807, 2.05) is 11.0 Å². The SMILES string of the molecule is O=C(NCC1CCCO1)c1cc(N2CCN(c3ccccc3F)CC2)ncn1. The molecule has 3 heterocycles. The monoisotopic (exact) mass is 385 g/mol. The zero-order valence-corrected chi connectivity index (χ0v) is 15.7. The molecule has 2 saturated heterocycles. The van der Waals surface area contributed by atoms with Crippen LogP contribution in [0.25, 0.3) is 0 Å². The molecule has 1 amide bonds. The molecule has 7 nitrogen and oxygen atoms in total. The molecule has 8 heteroatoms. The minimum atomic E-state index is -0.218. The highest BCUT2D eigenvalue weighted by molar-refractivity contribution is 5.92. The first kappa shape index (κ1) is 18.6. The van der Waals surface area contributed by atoms with Crippen molar-refractivity contribution < 1.29 is 13.9 Å². The number of ether oxygens (including phenoxy) is 1. The molecule has 0 aliphatic carbocycles. The van der Waals surface area contributed by atoms with Crippen molar-refractivity contribution in [3.05, 3.63) is 48.2 Å². The third kappa shape index (κ3) is 4.22. The van der Waals surface area contributed by atoms with Crippen LogP contribution in [0.15, 0.2) is 36.7 Å². The molecule has 2 aromatic rings. The van der Waals surface area contributed by atoms with Gasteiger partial charge >= 0.3 is 0 Å². The molecule has 0 radical (unpaired) electrons. The van der Waals surface area contributed by atoms with E-state index >= 15 is 0 Å². The van der Waals surface area contributed by atoms with Crippen molar-refractivity contribution in [2.75, 3.05) is 49.1 Å². The fourth-order valence-electron chi connectivity index (χ4n) is 3.63. The van der Waals surface area contributed by atoms with E-state index in [0.29, 0.717) is 49.9 Å². The van der Waals surface area contributed by atoms with Gasteiger partial charge in [-0.3, -0.25) is 4.79 Å². The second-order valence-corrected chi connectivity index (χ2v) is 7.03. The molecule has 0 bridgehead atoms. The molecule has 1 aromatic carbocycles. The van der Waals surface area contributed by atoms with Crippen molar-refractivity contribution in [1.29, 1.82) is 0 Å². The minimum absolute atomic E-state index is 0.0942. The Morgan fingerprint density at radius 1 is 1.18 bits per heavy atom. The fourth-order valence-corrected chi connectivity index (χ4v) is 3.63. The quantitative estimate of drug-likeness (QED) is 0.847. The predicted molar refractivity (Wildman–Crippen MR) is 104 cm³/mol. The number of hydrogen-bond donors (Lipinski definition) is 1. The van der Waals surface area contributed by atoms with Crippen LogP contribution in [0, 0.1) is 5.82 Å². The topological polar surface area (TPSA) is 70.6 Å². The standard InChI is InChI=1S/C20H24FN5O2/c21-16-5-1-2-6-18(16)25-7-9-26(10-8-25)19-12-17(23-14-24-19)20(27)22-13-15-4-3-11-28-15/h1-2,5-6,12,14-15H,3-4,7-11,13H2,(H,22,27). The first-order valence-electron chi connectivity index (χ1n) is 9.67. The van der Waals surface area contributed by atoms with Crippen LogP contribution in [0.3, 0.4) is 0 Å². The molecule has 2 aliphatic heterocycles. The summed E-state index contributed by atoms with van der Waals surface area (Å²) in [6.07, 6.45) is 3.52. The van der Waals surface area contributed by atoms with E-state index in [1.165, 1.54) is 12.4 Å². The highest BCUT2D eigenvalue weighted by Gasteiger charge is 2.22. The van der Waals surface area contributed by atoms with Gasteiger partial charge in [0.15, 0.2) is 0 Å². The molecular formula is C20H24FN5O2. The Morgan fingerprint density at radius 2 is 1.96 bits per heavy atom. The lowest BCUT2D eigenvalue weighted by Crippen LogP contribution is -2.47. The van der Waals surface area contributed by atoms with Crippen molar-refractivity contribution in [2.24, 2.45) is 0 Å². The average Bonchev–Trinajstić information content (AvgIpc) is 3.26. The maximum absolute atomic E-state index is 14.0. The summed E-state index contributed by atoms with van der Waals surface area (Å²) in [5.74, 6) is 0.290. The summed E-state index contributed by atoms with van der Waals surface area (Å²) >= 11 is 0. The summed E-state index contributed by atoms with van der Waals surface area (Å²) in [6.45, 7) is 4.03. The van der Waals surface area contributed by atoms with Gasteiger partial charge < -0.3 is 19.9 Å². The van der Waals surface area contributed by atoms with Crippen LogP contribution in [-0.2, 0) is 4.74 Å². The highest BCUT2D eigenvalue weighted by Crippen LogP contribution is 2.22. The van der Waals surface area contributed by atoms with Crippen LogP contribution < -0.4 is 15.1 Å². The van der Waals surface area contributed by atoms with Crippen molar-refractivity contribution in [3.8, 4) is 0 Å². The number of hydrogen-bond acceptors (Lipinski definition) is 6. The van der Waals surface area contributed by atoms with Gasteiger partial charge in [-0.2, -0.15) is 0 Å². The molecule has 2 fully saturated rings. The largest absolute Gasteiger partial charge is 0.376 e. The second kappa shape index (κ2) is 8.52. The Bertz CT molecular complexity index is 820. The third-order valence-corrected chi connectivity index (χ3v) is 5.20. The van der Waals surface area contributed by atoms with Gasteiger partial charge in [0.25, 0.3) is 5.91 Å². The molecule has 148 valence electrons. The Balaban J connectivity index is 1.35.